The highest BCUT2D eigenvalue weighted by Crippen LogP contribution is 2.33. The van der Waals surface area contributed by atoms with Gasteiger partial charge in [0.2, 0.25) is 0 Å². The van der Waals surface area contributed by atoms with Crippen LogP contribution in [0.15, 0.2) is 36.4 Å². The highest BCUT2D eigenvalue weighted by Gasteiger charge is 2.38. The van der Waals surface area contributed by atoms with Crippen LogP contribution in [0.5, 0.6) is 0 Å². The third-order valence-electron chi connectivity index (χ3n) is 4.15. The molecule has 2 N–H and O–H groups in total. The molecule has 1 saturated carbocycles. The van der Waals surface area contributed by atoms with Gasteiger partial charge < -0.3 is 10.2 Å². The predicted molar refractivity (Wildman–Crippen MR) is 74.9 cm³/mol. The van der Waals surface area contributed by atoms with Crippen molar-refractivity contribution in [3.05, 3.63) is 42.1 Å². The molecule has 2 aromatic rings. The molecule has 19 heavy (non-hydrogen) atoms. The van der Waals surface area contributed by atoms with Crippen molar-refractivity contribution in [1.29, 1.82) is 0 Å². The van der Waals surface area contributed by atoms with Gasteiger partial charge in [0.1, 0.15) is 0 Å². The maximum Gasteiger partial charge on any atom is 0.0909 e. The highest BCUT2D eigenvalue weighted by atomic mass is 16.3. The molecule has 0 bridgehead atoms. The van der Waals surface area contributed by atoms with Gasteiger partial charge >= 0.3 is 0 Å². The smallest absolute Gasteiger partial charge is 0.0909 e. The molecule has 1 fully saturated rings. The van der Waals surface area contributed by atoms with Crippen molar-refractivity contribution in [2.45, 2.75) is 43.8 Å². The number of fused-ring (bicyclic) bond motifs is 1. The minimum atomic E-state index is -0.909. The number of hydrogen-bond acceptors (Lipinski definition) is 3. The molecule has 1 aliphatic rings. The Kier molecular flexibility index (Phi) is 3.25. The summed E-state index contributed by atoms with van der Waals surface area (Å²) >= 11 is 0. The topological polar surface area (TPSA) is 53.4 Å². The average Bonchev–Trinajstić information content (AvgIpc) is 2.87. The Morgan fingerprint density at radius 1 is 1.11 bits per heavy atom. The first kappa shape index (κ1) is 12.6. The molecule has 3 heteroatoms. The maximum atomic E-state index is 10.4. The molecule has 0 aliphatic heterocycles. The van der Waals surface area contributed by atoms with E-state index in [2.05, 4.69) is 4.98 Å². The molecule has 3 nitrogen and oxygen atoms in total. The van der Waals surface area contributed by atoms with Crippen LogP contribution in [0.4, 0.5) is 0 Å². The first-order chi connectivity index (χ1) is 9.17. The van der Waals surface area contributed by atoms with Crippen LogP contribution in [0.3, 0.4) is 0 Å². The van der Waals surface area contributed by atoms with Crippen LogP contribution in [0.1, 0.15) is 31.4 Å². The van der Waals surface area contributed by atoms with E-state index in [-0.39, 0.29) is 0 Å². The lowest BCUT2D eigenvalue weighted by atomic mass is 9.91. The summed E-state index contributed by atoms with van der Waals surface area (Å²) in [5.41, 5.74) is 0.866. The van der Waals surface area contributed by atoms with E-state index >= 15 is 0 Å². The molecule has 0 saturated heterocycles. The Bertz CT molecular complexity index is 576. The van der Waals surface area contributed by atoms with Gasteiger partial charge in [0.05, 0.1) is 17.2 Å². The Hall–Kier alpha value is -1.45. The standard InChI is InChI=1S/C16H19NO2/c18-15(16(19)9-3-4-10-16)11-13-8-7-12-5-1-2-6-14(12)17-13/h1-2,5-8,15,18-19H,3-4,9-11H2. The van der Waals surface area contributed by atoms with E-state index in [1.165, 1.54) is 0 Å². The average molecular weight is 257 g/mol. The number of hydrogen-bond donors (Lipinski definition) is 2. The monoisotopic (exact) mass is 257 g/mol. The van der Waals surface area contributed by atoms with E-state index in [1.807, 2.05) is 36.4 Å². The molecular weight excluding hydrogens is 238 g/mol. The summed E-state index contributed by atoms with van der Waals surface area (Å²) in [4.78, 5) is 4.55. The van der Waals surface area contributed by atoms with Crippen LogP contribution >= 0.6 is 0 Å². The number of aliphatic hydroxyl groups is 2. The molecule has 3 rings (SSSR count). The zero-order valence-corrected chi connectivity index (χ0v) is 10.9. The van der Waals surface area contributed by atoms with E-state index < -0.39 is 11.7 Å². The fourth-order valence-electron chi connectivity index (χ4n) is 2.93. The largest absolute Gasteiger partial charge is 0.390 e. The summed E-state index contributed by atoms with van der Waals surface area (Å²) in [6, 6.07) is 11.9. The molecule has 1 unspecified atom stereocenters. The van der Waals surface area contributed by atoms with Gasteiger partial charge in [-0.2, -0.15) is 0 Å². The normalized spacial score (nSPS) is 19.7. The number of benzene rings is 1. The van der Waals surface area contributed by atoms with Crippen LogP contribution in [0, 0.1) is 0 Å². The predicted octanol–water partition coefficient (Wildman–Crippen LogP) is 2.44. The molecular formula is C16H19NO2. The van der Waals surface area contributed by atoms with Crippen LogP contribution in [-0.4, -0.2) is 26.9 Å². The molecule has 1 aromatic heterocycles. The fraction of sp³-hybridized carbons (Fsp3) is 0.438. The second-order valence-electron chi connectivity index (χ2n) is 5.53. The van der Waals surface area contributed by atoms with E-state index in [0.29, 0.717) is 19.3 Å². The molecule has 100 valence electrons. The third-order valence-corrected chi connectivity index (χ3v) is 4.15. The second-order valence-corrected chi connectivity index (χ2v) is 5.53. The SMILES string of the molecule is OC(Cc1ccc2ccccc2n1)C1(O)CCCC1. The number of pyridine rings is 1. The van der Waals surface area contributed by atoms with Gasteiger partial charge in [0.15, 0.2) is 0 Å². The summed E-state index contributed by atoms with van der Waals surface area (Å²) in [5.74, 6) is 0. The molecule has 1 heterocycles. The fourth-order valence-corrected chi connectivity index (χ4v) is 2.93. The quantitative estimate of drug-likeness (QED) is 0.888. The van der Waals surface area contributed by atoms with Gasteiger partial charge in [0.25, 0.3) is 0 Å². The van der Waals surface area contributed by atoms with E-state index in [0.717, 1.165) is 29.4 Å². The van der Waals surface area contributed by atoms with Crippen molar-refractivity contribution in [3.8, 4) is 0 Å². The van der Waals surface area contributed by atoms with Gasteiger partial charge in [-0.3, -0.25) is 4.98 Å². The summed E-state index contributed by atoms with van der Waals surface area (Å²) in [6.07, 6.45) is 3.09. The van der Waals surface area contributed by atoms with Gasteiger partial charge in [-0.25, -0.2) is 0 Å². The summed E-state index contributed by atoms with van der Waals surface area (Å²) in [7, 11) is 0. The zero-order chi connectivity index (χ0) is 13.3. The molecule has 1 aromatic carbocycles. The van der Waals surface area contributed by atoms with Gasteiger partial charge in [-0.1, -0.05) is 37.1 Å². The Labute approximate surface area is 112 Å². The molecule has 1 atom stereocenters. The molecule has 0 spiro atoms. The van der Waals surface area contributed by atoms with Gasteiger partial charge in [0, 0.05) is 17.5 Å². The van der Waals surface area contributed by atoms with Crippen molar-refractivity contribution < 1.29 is 10.2 Å². The van der Waals surface area contributed by atoms with Crippen molar-refractivity contribution >= 4 is 10.9 Å². The minimum Gasteiger partial charge on any atom is -0.390 e. The number of aliphatic hydroxyl groups excluding tert-OH is 1. The molecule has 1 aliphatic carbocycles. The van der Waals surface area contributed by atoms with Gasteiger partial charge in [-0.05, 0) is 25.0 Å². The van der Waals surface area contributed by atoms with Gasteiger partial charge in [-0.15, -0.1) is 0 Å². The van der Waals surface area contributed by atoms with Crippen molar-refractivity contribution in [2.24, 2.45) is 0 Å². The van der Waals surface area contributed by atoms with E-state index in [1.54, 1.807) is 0 Å². The van der Waals surface area contributed by atoms with Crippen LogP contribution in [-0.2, 0) is 6.42 Å². The third kappa shape index (κ3) is 2.48. The number of para-hydroxylation sites is 1. The number of nitrogens with zero attached hydrogens (tertiary/aromatic N) is 1. The van der Waals surface area contributed by atoms with Crippen molar-refractivity contribution in [1.82, 2.24) is 4.98 Å². The first-order valence-electron chi connectivity index (χ1n) is 6.92. The van der Waals surface area contributed by atoms with Crippen molar-refractivity contribution in [3.63, 3.8) is 0 Å². The summed E-state index contributed by atoms with van der Waals surface area (Å²) < 4.78 is 0. The zero-order valence-electron chi connectivity index (χ0n) is 10.9. The lowest BCUT2D eigenvalue weighted by Crippen LogP contribution is -2.41. The second kappa shape index (κ2) is 4.91. The minimum absolute atomic E-state index is 0.418. The maximum absolute atomic E-state index is 10.4. The van der Waals surface area contributed by atoms with E-state index in [4.69, 9.17) is 0 Å². The highest BCUT2D eigenvalue weighted by molar-refractivity contribution is 5.78. The van der Waals surface area contributed by atoms with Crippen LogP contribution < -0.4 is 0 Å². The summed E-state index contributed by atoms with van der Waals surface area (Å²) in [6.45, 7) is 0. The summed E-state index contributed by atoms with van der Waals surface area (Å²) in [5, 5.41) is 21.7. The van der Waals surface area contributed by atoms with Crippen molar-refractivity contribution in [2.75, 3.05) is 0 Å². The van der Waals surface area contributed by atoms with E-state index in [9.17, 15) is 10.2 Å². The molecule has 0 radical (unpaired) electrons. The van der Waals surface area contributed by atoms with Crippen LogP contribution in [0.2, 0.25) is 0 Å². The lowest BCUT2D eigenvalue weighted by Gasteiger charge is -2.28. The Morgan fingerprint density at radius 2 is 1.84 bits per heavy atom. The number of rotatable bonds is 3. The number of aromatic nitrogens is 1. The Morgan fingerprint density at radius 3 is 2.63 bits per heavy atom. The Balaban J connectivity index is 1.81. The first-order valence-corrected chi connectivity index (χ1v) is 6.92. The molecule has 0 amide bonds. The van der Waals surface area contributed by atoms with Crippen LogP contribution in [0.25, 0.3) is 10.9 Å². The lowest BCUT2D eigenvalue weighted by molar-refractivity contribution is -0.0692.